The van der Waals surface area contributed by atoms with Crippen LogP contribution in [0.2, 0.25) is 0 Å². The zero-order valence-electron chi connectivity index (χ0n) is 23.2. The molecular formula is C33H37NO6. The molecule has 210 valence electrons. The van der Waals surface area contributed by atoms with E-state index in [1.807, 2.05) is 60.7 Å². The Kier molecular flexibility index (Phi) is 9.04. The maximum absolute atomic E-state index is 11.4. The highest BCUT2D eigenvalue weighted by atomic mass is 16.7. The number of rotatable bonds is 11. The smallest absolute Gasteiger partial charge is 0.308 e. The molecule has 0 bridgehead atoms. The molecule has 0 radical (unpaired) electrons. The Hall–Kier alpha value is -3.81. The number of hydrogen-bond acceptors (Lipinski definition) is 7. The topological polar surface area (TPSA) is 86.2 Å². The van der Waals surface area contributed by atoms with Gasteiger partial charge in [0.05, 0.1) is 0 Å². The van der Waals surface area contributed by atoms with Crippen LogP contribution in [-0.2, 0) is 4.79 Å². The maximum atomic E-state index is 11.4. The lowest BCUT2D eigenvalue weighted by Crippen LogP contribution is -2.36. The van der Waals surface area contributed by atoms with Gasteiger partial charge in [-0.05, 0) is 83.5 Å². The number of hydrogen-bond donors (Lipinski definition) is 2. The number of allylic oxidation sites excluding steroid dienone is 1. The van der Waals surface area contributed by atoms with Crippen molar-refractivity contribution in [3.63, 3.8) is 0 Å². The van der Waals surface area contributed by atoms with Crippen LogP contribution in [0.4, 0.5) is 0 Å². The molecule has 40 heavy (non-hydrogen) atoms. The highest BCUT2D eigenvalue weighted by molar-refractivity contribution is 5.99. The van der Waals surface area contributed by atoms with Gasteiger partial charge < -0.3 is 29.4 Å². The van der Waals surface area contributed by atoms with Crippen LogP contribution in [0.1, 0.15) is 62.6 Å². The zero-order chi connectivity index (χ0) is 27.9. The van der Waals surface area contributed by atoms with Gasteiger partial charge in [-0.25, -0.2) is 0 Å². The van der Waals surface area contributed by atoms with E-state index in [0.29, 0.717) is 24.1 Å². The van der Waals surface area contributed by atoms with Gasteiger partial charge in [-0.1, -0.05) is 50.1 Å². The minimum Gasteiger partial charge on any atom is -0.491 e. The van der Waals surface area contributed by atoms with Gasteiger partial charge >= 0.3 is 5.97 Å². The summed E-state index contributed by atoms with van der Waals surface area (Å²) in [4.78, 5) is 11.4. The van der Waals surface area contributed by atoms with Crippen LogP contribution in [-0.4, -0.2) is 43.2 Å². The van der Waals surface area contributed by atoms with E-state index in [1.165, 1.54) is 32.6 Å². The Bertz CT molecular complexity index is 1330. The molecule has 0 saturated heterocycles. The number of fused-ring (bicyclic) bond motifs is 1. The van der Waals surface area contributed by atoms with Crippen LogP contribution < -0.4 is 24.3 Å². The van der Waals surface area contributed by atoms with Gasteiger partial charge in [0.15, 0.2) is 11.5 Å². The van der Waals surface area contributed by atoms with Crippen molar-refractivity contribution in [3.8, 4) is 23.0 Å². The summed E-state index contributed by atoms with van der Waals surface area (Å²) in [5.74, 6) is 2.33. The lowest BCUT2D eigenvalue weighted by molar-refractivity contribution is -0.131. The third-order valence-corrected chi connectivity index (χ3v) is 7.36. The second kappa shape index (κ2) is 13.0. The zero-order valence-corrected chi connectivity index (χ0v) is 23.2. The van der Waals surface area contributed by atoms with Gasteiger partial charge in [0, 0.05) is 19.5 Å². The molecule has 1 aliphatic carbocycles. The van der Waals surface area contributed by atoms with Crippen molar-refractivity contribution < 1.29 is 28.8 Å². The van der Waals surface area contributed by atoms with Crippen LogP contribution >= 0.6 is 0 Å². The molecule has 1 aliphatic heterocycles. The Morgan fingerprint density at radius 3 is 2.20 bits per heavy atom. The van der Waals surface area contributed by atoms with Crippen molar-refractivity contribution in [2.24, 2.45) is 0 Å². The first-order valence-electron chi connectivity index (χ1n) is 14.1. The van der Waals surface area contributed by atoms with Gasteiger partial charge in [0.1, 0.15) is 24.2 Å². The Balaban J connectivity index is 1.39. The average molecular weight is 544 g/mol. The maximum Gasteiger partial charge on any atom is 0.308 e. The number of ether oxygens (including phenoxy) is 4. The lowest BCUT2D eigenvalue weighted by atomic mass is 9.88. The van der Waals surface area contributed by atoms with E-state index < -0.39 is 6.10 Å². The molecule has 7 heteroatoms. The monoisotopic (exact) mass is 543 g/mol. The summed E-state index contributed by atoms with van der Waals surface area (Å²) < 4.78 is 22.3. The number of benzene rings is 3. The number of carbonyl (C=O) groups is 1. The fourth-order valence-electron chi connectivity index (χ4n) is 5.38. The Morgan fingerprint density at radius 2 is 1.55 bits per heavy atom. The van der Waals surface area contributed by atoms with Crippen molar-refractivity contribution in [2.75, 3.05) is 19.9 Å². The molecule has 5 rings (SSSR count). The quantitative estimate of drug-likeness (QED) is 0.175. The fraction of sp³-hybridized carbons (Fsp3) is 0.364. The van der Waals surface area contributed by atoms with Crippen LogP contribution in [0.5, 0.6) is 23.0 Å². The predicted molar refractivity (Wildman–Crippen MR) is 155 cm³/mol. The van der Waals surface area contributed by atoms with Crippen LogP contribution in [0.25, 0.3) is 11.1 Å². The highest BCUT2D eigenvalue weighted by Gasteiger charge is 2.19. The molecule has 0 spiro atoms. The SMILES string of the molecule is CC/C(=C(/c1ccc(OCC(O)CNC2CCCC2)cc1)c1ccc(OC(C)=O)cc1)c1ccc2c(c1)OCO2. The van der Waals surface area contributed by atoms with Crippen LogP contribution in [0.15, 0.2) is 66.7 Å². The minimum absolute atomic E-state index is 0.223. The molecule has 3 aromatic carbocycles. The van der Waals surface area contributed by atoms with E-state index in [9.17, 15) is 9.90 Å². The van der Waals surface area contributed by atoms with Gasteiger partial charge in [0.25, 0.3) is 0 Å². The third-order valence-electron chi connectivity index (χ3n) is 7.36. The van der Waals surface area contributed by atoms with Gasteiger partial charge in [-0.3, -0.25) is 4.79 Å². The van der Waals surface area contributed by atoms with Crippen molar-refractivity contribution in [3.05, 3.63) is 83.4 Å². The number of esters is 1. The van der Waals surface area contributed by atoms with Crippen molar-refractivity contribution in [2.45, 2.75) is 58.1 Å². The molecular weight excluding hydrogens is 506 g/mol. The summed E-state index contributed by atoms with van der Waals surface area (Å²) in [6, 6.07) is 22.0. The molecule has 2 aliphatic rings. The first-order valence-corrected chi connectivity index (χ1v) is 14.1. The number of aliphatic hydroxyl groups is 1. The highest BCUT2D eigenvalue weighted by Crippen LogP contribution is 2.40. The second-order valence-corrected chi connectivity index (χ2v) is 10.3. The van der Waals surface area contributed by atoms with E-state index in [1.54, 1.807) is 0 Å². The molecule has 1 heterocycles. The van der Waals surface area contributed by atoms with E-state index in [0.717, 1.165) is 45.8 Å². The average Bonchev–Trinajstić information content (AvgIpc) is 3.66. The molecule has 0 aromatic heterocycles. The second-order valence-electron chi connectivity index (χ2n) is 10.3. The summed E-state index contributed by atoms with van der Waals surface area (Å²) in [5, 5.41) is 13.8. The largest absolute Gasteiger partial charge is 0.491 e. The fourth-order valence-corrected chi connectivity index (χ4v) is 5.38. The third kappa shape index (κ3) is 6.84. The van der Waals surface area contributed by atoms with Crippen molar-refractivity contribution in [1.29, 1.82) is 0 Å². The van der Waals surface area contributed by atoms with E-state index >= 15 is 0 Å². The summed E-state index contributed by atoms with van der Waals surface area (Å²) in [6.45, 7) is 4.51. The van der Waals surface area contributed by atoms with E-state index in [2.05, 4.69) is 18.3 Å². The Morgan fingerprint density at radius 1 is 0.925 bits per heavy atom. The number of nitrogens with one attached hydrogen (secondary N) is 1. The predicted octanol–water partition coefficient (Wildman–Crippen LogP) is 5.98. The standard InChI is InChI=1S/C33H37NO6/c1-3-30(25-12-17-31-32(18-25)39-21-38-31)33(24-10-15-29(16-11-24)40-22(2)35)23-8-13-28(14-9-23)37-20-27(36)19-34-26-6-4-5-7-26/h8-18,26-27,34,36H,3-7,19-21H2,1-2H3/b33-30+. The summed E-state index contributed by atoms with van der Waals surface area (Å²) in [6.07, 6.45) is 5.10. The van der Waals surface area contributed by atoms with E-state index in [4.69, 9.17) is 18.9 Å². The van der Waals surface area contributed by atoms with Crippen LogP contribution in [0, 0.1) is 0 Å². The first-order chi connectivity index (χ1) is 19.5. The Labute approximate surface area is 235 Å². The molecule has 3 aromatic rings. The number of carbonyl (C=O) groups excluding carboxylic acids is 1. The molecule has 1 unspecified atom stereocenters. The molecule has 2 N–H and O–H groups in total. The summed E-state index contributed by atoms with van der Waals surface area (Å²) >= 11 is 0. The van der Waals surface area contributed by atoms with E-state index in [-0.39, 0.29) is 19.4 Å². The van der Waals surface area contributed by atoms with Crippen LogP contribution in [0.3, 0.4) is 0 Å². The van der Waals surface area contributed by atoms with Gasteiger partial charge in [0.2, 0.25) is 6.79 Å². The lowest BCUT2D eigenvalue weighted by Gasteiger charge is -2.18. The van der Waals surface area contributed by atoms with Crippen molar-refractivity contribution >= 4 is 17.1 Å². The molecule has 1 fully saturated rings. The molecule has 1 atom stereocenters. The minimum atomic E-state index is -0.566. The number of aliphatic hydroxyl groups excluding tert-OH is 1. The summed E-state index contributed by atoms with van der Waals surface area (Å²) in [7, 11) is 0. The first kappa shape index (κ1) is 27.7. The van der Waals surface area contributed by atoms with Crippen molar-refractivity contribution in [1.82, 2.24) is 5.32 Å². The normalized spacial score (nSPS) is 16.0. The molecule has 7 nitrogen and oxygen atoms in total. The van der Waals surface area contributed by atoms with Gasteiger partial charge in [-0.15, -0.1) is 0 Å². The summed E-state index contributed by atoms with van der Waals surface area (Å²) in [5.41, 5.74) is 5.26. The van der Waals surface area contributed by atoms with Gasteiger partial charge in [-0.2, -0.15) is 0 Å². The molecule has 0 amide bonds. The molecule has 1 saturated carbocycles.